The van der Waals surface area contributed by atoms with E-state index in [4.69, 9.17) is 34.8 Å². The summed E-state index contributed by atoms with van der Waals surface area (Å²) in [6.45, 7) is 5.96. The number of carbonyl (C=O) groups is 2. The second-order valence-corrected chi connectivity index (χ2v) is 9.56. The largest absolute Gasteiger partial charge is 0.352 e. The van der Waals surface area contributed by atoms with Gasteiger partial charge in [0.05, 0.1) is 15.8 Å². The molecule has 0 aliphatic carbocycles. The zero-order chi connectivity index (χ0) is 23.0. The zero-order valence-corrected chi connectivity index (χ0v) is 20.9. The lowest BCUT2D eigenvalue weighted by molar-refractivity contribution is -0.138. The highest BCUT2D eigenvalue weighted by Crippen LogP contribution is 2.25. The standard InChI is InChI=1S/C23H27Cl3N2O2S/c1-4-15(2)27-23(30)16(3)28(12-18-7-5-6-8-19(18)24)22(29)14-31-13-17-9-10-20(25)21(26)11-17/h5-11,15-16H,4,12-14H2,1-3H3,(H,27,30). The lowest BCUT2D eigenvalue weighted by atomic mass is 10.1. The zero-order valence-electron chi connectivity index (χ0n) is 17.8. The average molecular weight is 502 g/mol. The summed E-state index contributed by atoms with van der Waals surface area (Å²) >= 11 is 19.8. The molecular formula is C23H27Cl3N2O2S. The van der Waals surface area contributed by atoms with Crippen LogP contribution in [0.5, 0.6) is 0 Å². The van der Waals surface area contributed by atoms with Gasteiger partial charge in [-0.25, -0.2) is 0 Å². The van der Waals surface area contributed by atoms with Crippen molar-refractivity contribution in [3.8, 4) is 0 Å². The third-order valence-electron chi connectivity index (χ3n) is 4.95. The lowest BCUT2D eigenvalue weighted by Crippen LogP contribution is -2.50. The van der Waals surface area contributed by atoms with Crippen LogP contribution in [0.15, 0.2) is 42.5 Å². The molecule has 0 aromatic heterocycles. The van der Waals surface area contributed by atoms with Gasteiger partial charge in [0.25, 0.3) is 0 Å². The SMILES string of the molecule is CCC(C)NC(=O)C(C)N(Cc1ccccc1Cl)C(=O)CSCc1ccc(Cl)c(Cl)c1. The Bertz CT molecular complexity index is 910. The predicted octanol–water partition coefficient (Wildman–Crippen LogP) is 6.21. The van der Waals surface area contributed by atoms with Crippen molar-refractivity contribution in [1.29, 1.82) is 0 Å². The van der Waals surface area contributed by atoms with E-state index in [2.05, 4.69) is 5.32 Å². The predicted molar refractivity (Wildman–Crippen MR) is 132 cm³/mol. The topological polar surface area (TPSA) is 49.4 Å². The Morgan fingerprint density at radius 1 is 1.03 bits per heavy atom. The molecular weight excluding hydrogens is 475 g/mol. The molecule has 0 aliphatic rings. The molecule has 2 aromatic rings. The minimum absolute atomic E-state index is 0.0382. The van der Waals surface area contributed by atoms with Gasteiger partial charge in [0.15, 0.2) is 0 Å². The Labute approximate surface area is 203 Å². The van der Waals surface area contributed by atoms with Crippen LogP contribution in [0.4, 0.5) is 0 Å². The van der Waals surface area contributed by atoms with Crippen LogP contribution in [0.2, 0.25) is 15.1 Å². The molecule has 0 bridgehead atoms. The van der Waals surface area contributed by atoms with Gasteiger partial charge in [-0.1, -0.05) is 66.0 Å². The molecule has 0 radical (unpaired) electrons. The number of hydrogen-bond acceptors (Lipinski definition) is 3. The molecule has 2 atom stereocenters. The number of amides is 2. The van der Waals surface area contributed by atoms with Gasteiger partial charge in [-0.2, -0.15) is 0 Å². The van der Waals surface area contributed by atoms with E-state index in [0.717, 1.165) is 17.5 Å². The molecule has 0 saturated heterocycles. The molecule has 0 aliphatic heterocycles. The Kier molecular flexibility index (Phi) is 10.5. The van der Waals surface area contributed by atoms with E-state index in [1.54, 1.807) is 30.0 Å². The van der Waals surface area contributed by atoms with E-state index in [1.165, 1.54) is 11.8 Å². The average Bonchev–Trinajstić information content (AvgIpc) is 2.74. The molecule has 4 nitrogen and oxygen atoms in total. The summed E-state index contributed by atoms with van der Waals surface area (Å²) < 4.78 is 0. The highest BCUT2D eigenvalue weighted by Gasteiger charge is 2.27. The van der Waals surface area contributed by atoms with Crippen molar-refractivity contribution in [2.45, 2.75) is 51.6 Å². The van der Waals surface area contributed by atoms with Crippen LogP contribution in [0, 0.1) is 0 Å². The van der Waals surface area contributed by atoms with Gasteiger partial charge in [0, 0.05) is 23.4 Å². The maximum absolute atomic E-state index is 13.1. The summed E-state index contributed by atoms with van der Waals surface area (Å²) in [4.78, 5) is 27.4. The van der Waals surface area contributed by atoms with Gasteiger partial charge < -0.3 is 10.2 Å². The molecule has 2 amide bonds. The van der Waals surface area contributed by atoms with Crippen LogP contribution in [-0.2, 0) is 21.9 Å². The van der Waals surface area contributed by atoms with Gasteiger partial charge in [-0.3, -0.25) is 9.59 Å². The molecule has 2 aromatic carbocycles. The maximum atomic E-state index is 13.1. The van der Waals surface area contributed by atoms with E-state index in [1.807, 2.05) is 38.1 Å². The number of halogens is 3. The second-order valence-electron chi connectivity index (χ2n) is 7.35. The Balaban J connectivity index is 2.10. The van der Waals surface area contributed by atoms with Crippen LogP contribution in [0.25, 0.3) is 0 Å². The first-order valence-electron chi connectivity index (χ1n) is 10.1. The fraction of sp³-hybridized carbons (Fsp3) is 0.391. The number of nitrogens with one attached hydrogen (secondary N) is 1. The highest BCUT2D eigenvalue weighted by molar-refractivity contribution is 7.99. The fourth-order valence-corrected chi connectivity index (χ4v) is 4.20. The first-order chi connectivity index (χ1) is 14.7. The minimum atomic E-state index is -0.622. The number of rotatable bonds is 10. The minimum Gasteiger partial charge on any atom is -0.352 e. The number of hydrogen-bond donors (Lipinski definition) is 1. The summed E-state index contributed by atoms with van der Waals surface area (Å²) in [6.07, 6.45) is 0.816. The Morgan fingerprint density at radius 2 is 1.74 bits per heavy atom. The van der Waals surface area contributed by atoms with E-state index < -0.39 is 6.04 Å². The third kappa shape index (κ3) is 7.90. The molecule has 2 rings (SSSR count). The third-order valence-corrected chi connectivity index (χ3v) is 7.04. The van der Waals surface area contributed by atoms with Crippen molar-refractivity contribution in [2.24, 2.45) is 0 Å². The first-order valence-corrected chi connectivity index (χ1v) is 12.4. The molecule has 0 heterocycles. The normalized spacial score (nSPS) is 12.8. The quantitative estimate of drug-likeness (QED) is 0.421. The van der Waals surface area contributed by atoms with Crippen LogP contribution in [0.3, 0.4) is 0 Å². The molecule has 2 unspecified atom stereocenters. The molecule has 0 saturated carbocycles. The number of thioether (sulfide) groups is 1. The summed E-state index contributed by atoms with van der Waals surface area (Å²) in [6, 6.07) is 12.2. The van der Waals surface area contributed by atoms with Crippen molar-refractivity contribution < 1.29 is 9.59 Å². The van der Waals surface area contributed by atoms with Crippen LogP contribution in [-0.4, -0.2) is 34.6 Å². The number of carbonyl (C=O) groups excluding carboxylic acids is 2. The van der Waals surface area contributed by atoms with Crippen LogP contribution in [0.1, 0.15) is 38.3 Å². The molecule has 0 spiro atoms. The van der Waals surface area contributed by atoms with E-state index >= 15 is 0 Å². The van der Waals surface area contributed by atoms with Crippen LogP contribution >= 0.6 is 46.6 Å². The summed E-state index contributed by atoms with van der Waals surface area (Å²) in [5, 5.41) is 4.51. The fourth-order valence-electron chi connectivity index (χ4n) is 2.83. The summed E-state index contributed by atoms with van der Waals surface area (Å²) in [5.41, 5.74) is 1.78. The maximum Gasteiger partial charge on any atom is 0.242 e. The first kappa shape index (κ1) is 25.9. The number of benzene rings is 2. The highest BCUT2D eigenvalue weighted by atomic mass is 35.5. The Hall–Kier alpha value is -1.40. The molecule has 168 valence electrons. The molecule has 8 heteroatoms. The summed E-state index contributed by atoms with van der Waals surface area (Å²) in [5.74, 6) is 0.530. The second kappa shape index (κ2) is 12.6. The van der Waals surface area contributed by atoms with E-state index in [0.29, 0.717) is 20.8 Å². The van der Waals surface area contributed by atoms with E-state index in [-0.39, 0.29) is 30.2 Å². The van der Waals surface area contributed by atoms with Gasteiger partial charge >= 0.3 is 0 Å². The lowest BCUT2D eigenvalue weighted by Gasteiger charge is -2.30. The Morgan fingerprint density at radius 3 is 2.39 bits per heavy atom. The van der Waals surface area contributed by atoms with Crippen molar-refractivity contribution >= 4 is 58.4 Å². The van der Waals surface area contributed by atoms with Gasteiger partial charge in [-0.05, 0) is 49.6 Å². The van der Waals surface area contributed by atoms with Crippen molar-refractivity contribution in [1.82, 2.24) is 10.2 Å². The van der Waals surface area contributed by atoms with Crippen LogP contribution < -0.4 is 5.32 Å². The van der Waals surface area contributed by atoms with Gasteiger partial charge in [-0.15, -0.1) is 11.8 Å². The van der Waals surface area contributed by atoms with Gasteiger partial charge in [0.1, 0.15) is 6.04 Å². The smallest absolute Gasteiger partial charge is 0.242 e. The van der Waals surface area contributed by atoms with Crippen molar-refractivity contribution in [2.75, 3.05) is 5.75 Å². The van der Waals surface area contributed by atoms with Crippen molar-refractivity contribution in [3.63, 3.8) is 0 Å². The number of nitrogens with zero attached hydrogens (tertiary/aromatic N) is 1. The summed E-state index contributed by atoms with van der Waals surface area (Å²) in [7, 11) is 0. The van der Waals surface area contributed by atoms with Gasteiger partial charge in [0.2, 0.25) is 11.8 Å². The molecule has 1 N–H and O–H groups in total. The monoisotopic (exact) mass is 500 g/mol. The molecule has 31 heavy (non-hydrogen) atoms. The van der Waals surface area contributed by atoms with Crippen molar-refractivity contribution in [3.05, 3.63) is 68.7 Å². The van der Waals surface area contributed by atoms with E-state index in [9.17, 15) is 9.59 Å². The molecule has 0 fully saturated rings.